The second-order valence-corrected chi connectivity index (χ2v) is 7.65. The molecule has 5 nitrogen and oxygen atoms in total. The van der Waals surface area contributed by atoms with Crippen LogP contribution in [0, 0.1) is 5.82 Å². The van der Waals surface area contributed by atoms with Crippen molar-refractivity contribution >= 4 is 44.6 Å². The molecule has 21 heavy (non-hydrogen) atoms. The third kappa shape index (κ3) is 4.50. The molecule has 0 unspecified atom stereocenters. The van der Waals surface area contributed by atoms with Crippen molar-refractivity contribution in [2.75, 3.05) is 11.9 Å². The highest BCUT2D eigenvalue weighted by Gasteiger charge is 2.17. The Morgan fingerprint density at radius 2 is 2.05 bits per heavy atom. The van der Waals surface area contributed by atoms with Crippen molar-refractivity contribution in [3.8, 4) is 0 Å². The summed E-state index contributed by atoms with van der Waals surface area (Å²) in [4.78, 5) is 11.6. The molecule has 0 aliphatic carbocycles. The average molecular weight is 349 g/mol. The van der Waals surface area contributed by atoms with E-state index in [0.717, 1.165) is 17.4 Å². The first-order chi connectivity index (χ1) is 9.87. The molecule has 0 radical (unpaired) electrons. The third-order valence-corrected chi connectivity index (χ3v) is 5.47. The van der Waals surface area contributed by atoms with Gasteiger partial charge in [0, 0.05) is 5.69 Å². The Bertz CT molecular complexity index is 761. The van der Waals surface area contributed by atoms with Crippen molar-refractivity contribution in [3.05, 3.63) is 46.6 Å². The van der Waals surface area contributed by atoms with Gasteiger partial charge in [-0.15, -0.1) is 11.3 Å². The molecule has 0 aliphatic rings. The first-order valence-corrected chi connectivity index (χ1v) is 8.35. The zero-order chi connectivity index (χ0) is 15.5. The zero-order valence-electron chi connectivity index (χ0n) is 10.5. The summed E-state index contributed by atoms with van der Waals surface area (Å²) in [5.74, 6) is -1.10. The number of rotatable bonds is 5. The number of hydrogen-bond acceptors (Lipinski definition) is 4. The van der Waals surface area contributed by atoms with Gasteiger partial charge in [0.05, 0.1) is 10.9 Å². The molecule has 2 aromatic rings. The van der Waals surface area contributed by atoms with Gasteiger partial charge in [0.2, 0.25) is 5.91 Å². The molecule has 9 heteroatoms. The molecule has 112 valence electrons. The smallest absolute Gasteiger partial charge is 0.250 e. The number of carbonyl (C=O) groups is 1. The van der Waals surface area contributed by atoms with Crippen LogP contribution in [0.15, 0.2) is 40.6 Å². The highest BCUT2D eigenvalue weighted by molar-refractivity contribution is 7.91. The van der Waals surface area contributed by atoms with Crippen LogP contribution in [0.25, 0.3) is 0 Å². The summed E-state index contributed by atoms with van der Waals surface area (Å²) >= 11 is 6.55. The summed E-state index contributed by atoms with van der Waals surface area (Å²) < 4.78 is 39.2. The Morgan fingerprint density at radius 1 is 1.29 bits per heavy atom. The van der Waals surface area contributed by atoms with Crippen molar-refractivity contribution in [3.63, 3.8) is 0 Å². The van der Waals surface area contributed by atoms with Gasteiger partial charge in [0.25, 0.3) is 10.0 Å². The molecule has 0 bridgehead atoms. The SMILES string of the molecule is O=C(CNS(=O)(=O)c1ccc(Cl)s1)Nc1cccc(F)c1. The normalized spacial score (nSPS) is 11.3. The van der Waals surface area contributed by atoms with E-state index in [-0.39, 0.29) is 9.90 Å². The van der Waals surface area contributed by atoms with E-state index in [0.29, 0.717) is 4.34 Å². The molecule has 1 heterocycles. The highest BCUT2D eigenvalue weighted by atomic mass is 35.5. The first-order valence-electron chi connectivity index (χ1n) is 5.67. The second-order valence-electron chi connectivity index (χ2n) is 3.94. The van der Waals surface area contributed by atoms with Crippen LogP contribution in [0.5, 0.6) is 0 Å². The minimum absolute atomic E-state index is 0.0195. The van der Waals surface area contributed by atoms with Crippen molar-refractivity contribution < 1.29 is 17.6 Å². The van der Waals surface area contributed by atoms with Crippen LogP contribution >= 0.6 is 22.9 Å². The number of hydrogen-bond donors (Lipinski definition) is 2. The molecule has 0 aliphatic heterocycles. The van der Waals surface area contributed by atoms with E-state index in [1.54, 1.807) is 0 Å². The maximum Gasteiger partial charge on any atom is 0.250 e. The molecule has 1 amide bonds. The largest absolute Gasteiger partial charge is 0.325 e. The fourth-order valence-corrected chi connectivity index (χ4v) is 3.95. The molecule has 0 saturated carbocycles. The predicted molar refractivity (Wildman–Crippen MR) is 79.5 cm³/mol. The number of nitrogens with one attached hydrogen (secondary N) is 2. The monoisotopic (exact) mass is 348 g/mol. The maximum atomic E-state index is 12.9. The van der Waals surface area contributed by atoms with E-state index in [4.69, 9.17) is 11.6 Å². The lowest BCUT2D eigenvalue weighted by molar-refractivity contribution is -0.115. The molecule has 0 saturated heterocycles. The van der Waals surface area contributed by atoms with Gasteiger partial charge in [0.1, 0.15) is 10.0 Å². The number of thiophene rings is 1. The van der Waals surface area contributed by atoms with E-state index in [1.807, 2.05) is 0 Å². The van der Waals surface area contributed by atoms with Gasteiger partial charge in [-0.3, -0.25) is 4.79 Å². The van der Waals surface area contributed by atoms with Gasteiger partial charge >= 0.3 is 0 Å². The predicted octanol–water partition coefficient (Wildman–Crippen LogP) is 2.46. The Balaban J connectivity index is 1.95. The summed E-state index contributed by atoms with van der Waals surface area (Å²) in [5, 5.41) is 2.38. The molecular formula is C12H10ClFN2O3S2. The van der Waals surface area contributed by atoms with Crippen molar-refractivity contribution in [1.82, 2.24) is 4.72 Å². The van der Waals surface area contributed by atoms with E-state index in [2.05, 4.69) is 10.0 Å². The maximum absolute atomic E-state index is 12.9. The molecule has 0 spiro atoms. The van der Waals surface area contributed by atoms with Crippen LogP contribution < -0.4 is 10.0 Å². The fraction of sp³-hybridized carbons (Fsp3) is 0.0833. The van der Waals surface area contributed by atoms with E-state index < -0.39 is 28.3 Å². The van der Waals surface area contributed by atoms with Crippen LogP contribution in [0.4, 0.5) is 10.1 Å². The molecule has 2 rings (SSSR count). The van der Waals surface area contributed by atoms with Gasteiger partial charge in [-0.1, -0.05) is 17.7 Å². The minimum atomic E-state index is -3.79. The zero-order valence-corrected chi connectivity index (χ0v) is 12.9. The first kappa shape index (κ1) is 15.9. The van der Waals surface area contributed by atoms with Crippen LogP contribution in [0.1, 0.15) is 0 Å². The van der Waals surface area contributed by atoms with E-state index in [9.17, 15) is 17.6 Å². The Kier molecular flexibility index (Phi) is 4.94. The van der Waals surface area contributed by atoms with Crippen molar-refractivity contribution in [2.45, 2.75) is 4.21 Å². The lowest BCUT2D eigenvalue weighted by Gasteiger charge is -2.06. The minimum Gasteiger partial charge on any atom is -0.325 e. The van der Waals surface area contributed by atoms with Crippen LogP contribution in [0.2, 0.25) is 4.34 Å². The summed E-state index contributed by atoms with van der Waals surface area (Å²) in [6, 6.07) is 8.09. The van der Waals surface area contributed by atoms with E-state index >= 15 is 0 Å². The number of anilines is 1. The molecular weight excluding hydrogens is 339 g/mol. The number of sulfonamides is 1. The van der Waals surface area contributed by atoms with Gasteiger partial charge in [-0.2, -0.15) is 0 Å². The van der Waals surface area contributed by atoms with Gasteiger partial charge in [0.15, 0.2) is 0 Å². The number of carbonyl (C=O) groups excluding carboxylic acids is 1. The quantitative estimate of drug-likeness (QED) is 0.871. The van der Waals surface area contributed by atoms with Crippen molar-refractivity contribution in [2.24, 2.45) is 0 Å². The summed E-state index contributed by atoms with van der Waals surface area (Å²) in [7, 11) is -3.79. The van der Waals surface area contributed by atoms with Gasteiger partial charge < -0.3 is 5.32 Å². The number of benzene rings is 1. The van der Waals surface area contributed by atoms with Crippen molar-refractivity contribution in [1.29, 1.82) is 0 Å². The Labute approximate surface area is 129 Å². The van der Waals surface area contributed by atoms with Gasteiger partial charge in [-0.05, 0) is 30.3 Å². The molecule has 1 aromatic heterocycles. The van der Waals surface area contributed by atoms with Crippen LogP contribution in [-0.2, 0) is 14.8 Å². The van der Waals surface area contributed by atoms with Crippen LogP contribution in [0.3, 0.4) is 0 Å². The van der Waals surface area contributed by atoms with Crippen LogP contribution in [-0.4, -0.2) is 20.9 Å². The number of amides is 1. The lowest BCUT2D eigenvalue weighted by atomic mass is 10.3. The topological polar surface area (TPSA) is 75.3 Å². The molecule has 0 atom stereocenters. The third-order valence-electron chi connectivity index (χ3n) is 2.34. The average Bonchev–Trinajstić information content (AvgIpc) is 2.84. The number of halogens is 2. The molecule has 1 aromatic carbocycles. The lowest BCUT2D eigenvalue weighted by Crippen LogP contribution is -2.32. The Morgan fingerprint density at radius 3 is 2.67 bits per heavy atom. The molecule has 0 fully saturated rings. The van der Waals surface area contributed by atoms with E-state index in [1.165, 1.54) is 30.3 Å². The Hall–Kier alpha value is -1.48. The fourth-order valence-electron chi connectivity index (χ4n) is 1.45. The van der Waals surface area contributed by atoms with Gasteiger partial charge in [-0.25, -0.2) is 17.5 Å². The second kappa shape index (κ2) is 6.52. The molecule has 2 N–H and O–H groups in total. The summed E-state index contributed by atoms with van der Waals surface area (Å²) in [6.07, 6.45) is 0. The standard InChI is InChI=1S/C12H10ClFN2O3S2/c13-10-4-5-12(20-10)21(18,19)15-7-11(17)16-9-3-1-2-8(14)6-9/h1-6,15H,7H2,(H,16,17). The highest BCUT2D eigenvalue weighted by Crippen LogP contribution is 2.25. The summed E-state index contributed by atoms with van der Waals surface area (Å²) in [5.41, 5.74) is 0.248. The summed E-state index contributed by atoms with van der Waals surface area (Å²) in [6.45, 7) is -0.464.